The number of hydrogen-bond donors (Lipinski definition) is 2. The van der Waals surface area contributed by atoms with Crippen molar-refractivity contribution in [3.63, 3.8) is 0 Å². The van der Waals surface area contributed by atoms with Crippen molar-refractivity contribution in [2.24, 2.45) is 0 Å². The molecule has 4 nitrogen and oxygen atoms in total. The first-order chi connectivity index (χ1) is 9.85. The van der Waals surface area contributed by atoms with Crippen LogP contribution in [0.25, 0.3) is 0 Å². The molecule has 0 aliphatic heterocycles. The number of carbonyl (C=O) groups excluding carboxylic acids is 1. The standard InChI is InChI=1S/C14H11Cl2N3OS/c1-6-7(2)21-14(10(6)5-17)19-13(20)9-3-8(18)4-11(15)12(9)16/h3-4H,18H2,1-2H3,(H,19,20). The maximum Gasteiger partial charge on any atom is 0.257 e. The van der Waals surface area contributed by atoms with E-state index in [9.17, 15) is 10.1 Å². The highest BCUT2D eigenvalue weighted by Crippen LogP contribution is 2.33. The van der Waals surface area contributed by atoms with E-state index in [1.807, 2.05) is 13.8 Å². The van der Waals surface area contributed by atoms with Gasteiger partial charge in [0, 0.05) is 10.6 Å². The summed E-state index contributed by atoms with van der Waals surface area (Å²) in [6, 6.07) is 5.01. The highest BCUT2D eigenvalue weighted by atomic mass is 35.5. The number of hydrogen-bond acceptors (Lipinski definition) is 4. The van der Waals surface area contributed by atoms with E-state index in [2.05, 4.69) is 11.4 Å². The fourth-order valence-electron chi connectivity index (χ4n) is 1.80. The van der Waals surface area contributed by atoms with Crippen LogP contribution in [0.15, 0.2) is 12.1 Å². The minimum Gasteiger partial charge on any atom is -0.399 e. The summed E-state index contributed by atoms with van der Waals surface area (Å²) < 4.78 is 0. The molecule has 2 rings (SSSR count). The molecule has 1 aromatic heterocycles. The first-order valence-electron chi connectivity index (χ1n) is 5.91. The Labute approximate surface area is 136 Å². The SMILES string of the molecule is Cc1sc(NC(=O)c2cc(N)cc(Cl)c2Cl)c(C#N)c1C. The average Bonchev–Trinajstić information content (AvgIpc) is 2.68. The number of thiophene rings is 1. The number of aryl methyl sites for hydroxylation is 1. The summed E-state index contributed by atoms with van der Waals surface area (Å²) in [7, 11) is 0. The Kier molecular flexibility index (Phi) is 4.43. The van der Waals surface area contributed by atoms with Crippen molar-refractivity contribution in [2.75, 3.05) is 11.1 Å². The molecule has 21 heavy (non-hydrogen) atoms. The minimum atomic E-state index is -0.452. The van der Waals surface area contributed by atoms with Gasteiger partial charge in [-0.1, -0.05) is 23.2 Å². The first kappa shape index (κ1) is 15.6. The number of benzene rings is 1. The fraction of sp³-hybridized carbons (Fsp3) is 0.143. The number of nitrogens with one attached hydrogen (secondary N) is 1. The Morgan fingerprint density at radius 3 is 2.67 bits per heavy atom. The topological polar surface area (TPSA) is 78.9 Å². The van der Waals surface area contributed by atoms with Crippen LogP contribution in [0.2, 0.25) is 10.0 Å². The second-order valence-electron chi connectivity index (χ2n) is 4.42. The summed E-state index contributed by atoms with van der Waals surface area (Å²) in [5.41, 5.74) is 7.50. The third-order valence-electron chi connectivity index (χ3n) is 3.02. The molecule has 0 saturated heterocycles. The number of rotatable bonds is 2. The molecule has 1 aromatic carbocycles. The van der Waals surface area contributed by atoms with Crippen molar-refractivity contribution < 1.29 is 4.79 Å². The van der Waals surface area contributed by atoms with Gasteiger partial charge in [-0.05, 0) is 31.5 Å². The lowest BCUT2D eigenvalue weighted by molar-refractivity contribution is 0.102. The number of nitrogens with two attached hydrogens (primary N) is 1. The third kappa shape index (κ3) is 2.98. The van der Waals surface area contributed by atoms with Crippen LogP contribution in [-0.4, -0.2) is 5.91 Å². The molecule has 0 aliphatic rings. The van der Waals surface area contributed by atoms with Crippen molar-refractivity contribution in [1.82, 2.24) is 0 Å². The van der Waals surface area contributed by atoms with Gasteiger partial charge in [-0.25, -0.2) is 0 Å². The van der Waals surface area contributed by atoms with Crippen LogP contribution < -0.4 is 11.1 Å². The van der Waals surface area contributed by atoms with Gasteiger partial charge in [0.05, 0.1) is 21.2 Å². The molecule has 0 unspecified atom stereocenters. The molecule has 108 valence electrons. The van der Waals surface area contributed by atoms with Crippen LogP contribution in [0.1, 0.15) is 26.4 Å². The summed E-state index contributed by atoms with van der Waals surface area (Å²) in [5, 5.41) is 12.7. The normalized spacial score (nSPS) is 10.2. The number of amides is 1. The van der Waals surface area contributed by atoms with Gasteiger partial charge in [-0.15, -0.1) is 11.3 Å². The van der Waals surface area contributed by atoms with E-state index in [0.29, 0.717) is 16.3 Å². The Balaban J connectivity index is 2.40. The van der Waals surface area contributed by atoms with Gasteiger partial charge in [0.1, 0.15) is 11.1 Å². The summed E-state index contributed by atoms with van der Waals surface area (Å²) in [6.07, 6.45) is 0. The van der Waals surface area contributed by atoms with E-state index >= 15 is 0 Å². The molecule has 1 amide bonds. The van der Waals surface area contributed by atoms with Crippen LogP contribution in [-0.2, 0) is 0 Å². The predicted octanol–water partition coefficient (Wildman–Crippen LogP) is 4.38. The molecule has 0 atom stereocenters. The van der Waals surface area contributed by atoms with Crippen LogP contribution in [0.5, 0.6) is 0 Å². The molecule has 0 fully saturated rings. The number of halogens is 2. The van der Waals surface area contributed by atoms with Gasteiger partial charge in [0.15, 0.2) is 0 Å². The maximum absolute atomic E-state index is 12.3. The fourth-order valence-corrected chi connectivity index (χ4v) is 3.22. The zero-order chi connectivity index (χ0) is 15.7. The first-order valence-corrected chi connectivity index (χ1v) is 7.48. The molecule has 0 radical (unpaired) electrons. The second kappa shape index (κ2) is 5.94. The van der Waals surface area contributed by atoms with Gasteiger partial charge in [-0.2, -0.15) is 5.26 Å². The lowest BCUT2D eigenvalue weighted by atomic mass is 10.1. The van der Waals surface area contributed by atoms with Crippen LogP contribution in [0, 0.1) is 25.2 Å². The molecular formula is C14H11Cl2N3OS. The molecule has 0 bridgehead atoms. The molecule has 0 saturated carbocycles. The quantitative estimate of drug-likeness (QED) is 0.797. The zero-order valence-electron chi connectivity index (χ0n) is 11.3. The summed E-state index contributed by atoms with van der Waals surface area (Å²) in [6.45, 7) is 3.73. The maximum atomic E-state index is 12.3. The van der Waals surface area contributed by atoms with Gasteiger partial charge in [0.2, 0.25) is 0 Å². The van der Waals surface area contributed by atoms with Crippen LogP contribution >= 0.6 is 34.5 Å². The zero-order valence-corrected chi connectivity index (χ0v) is 13.6. The van der Waals surface area contributed by atoms with E-state index in [1.54, 1.807) is 0 Å². The number of nitriles is 1. The van der Waals surface area contributed by atoms with E-state index < -0.39 is 5.91 Å². The molecular weight excluding hydrogens is 329 g/mol. The van der Waals surface area contributed by atoms with Gasteiger partial charge in [0.25, 0.3) is 5.91 Å². The predicted molar refractivity (Wildman–Crippen MR) is 87.3 cm³/mol. The van der Waals surface area contributed by atoms with Crippen molar-refractivity contribution in [3.05, 3.63) is 43.7 Å². The molecule has 2 aromatic rings. The Morgan fingerprint density at radius 2 is 2.05 bits per heavy atom. The Morgan fingerprint density at radius 1 is 1.38 bits per heavy atom. The number of nitrogens with zero attached hydrogens (tertiary/aromatic N) is 1. The van der Waals surface area contributed by atoms with Crippen molar-refractivity contribution in [3.8, 4) is 6.07 Å². The van der Waals surface area contributed by atoms with Crippen molar-refractivity contribution in [2.45, 2.75) is 13.8 Å². The van der Waals surface area contributed by atoms with Gasteiger partial charge in [-0.3, -0.25) is 4.79 Å². The van der Waals surface area contributed by atoms with E-state index in [0.717, 1.165) is 10.4 Å². The van der Waals surface area contributed by atoms with E-state index in [1.165, 1.54) is 23.5 Å². The largest absolute Gasteiger partial charge is 0.399 e. The van der Waals surface area contributed by atoms with Crippen LogP contribution in [0.4, 0.5) is 10.7 Å². The number of carbonyl (C=O) groups is 1. The minimum absolute atomic E-state index is 0.131. The molecule has 0 aliphatic carbocycles. The third-order valence-corrected chi connectivity index (χ3v) is 4.94. The number of nitrogen functional groups attached to an aromatic ring is 1. The van der Waals surface area contributed by atoms with Crippen molar-refractivity contribution >= 4 is 51.1 Å². The van der Waals surface area contributed by atoms with E-state index in [-0.39, 0.29) is 15.6 Å². The molecule has 1 heterocycles. The summed E-state index contributed by atoms with van der Waals surface area (Å²) in [4.78, 5) is 13.3. The summed E-state index contributed by atoms with van der Waals surface area (Å²) >= 11 is 13.3. The van der Waals surface area contributed by atoms with Crippen LogP contribution in [0.3, 0.4) is 0 Å². The molecule has 0 spiro atoms. The molecule has 7 heteroatoms. The number of anilines is 2. The lowest BCUT2D eigenvalue weighted by Crippen LogP contribution is -2.13. The second-order valence-corrected chi connectivity index (χ2v) is 6.43. The Bertz CT molecular complexity index is 778. The Hall–Kier alpha value is -1.74. The van der Waals surface area contributed by atoms with Gasteiger partial charge < -0.3 is 11.1 Å². The van der Waals surface area contributed by atoms with E-state index in [4.69, 9.17) is 28.9 Å². The monoisotopic (exact) mass is 339 g/mol. The highest BCUT2D eigenvalue weighted by Gasteiger charge is 2.18. The lowest BCUT2D eigenvalue weighted by Gasteiger charge is -2.08. The van der Waals surface area contributed by atoms with Gasteiger partial charge >= 0.3 is 0 Å². The highest BCUT2D eigenvalue weighted by molar-refractivity contribution is 7.16. The smallest absolute Gasteiger partial charge is 0.257 e. The average molecular weight is 340 g/mol. The van der Waals surface area contributed by atoms with Crippen molar-refractivity contribution in [1.29, 1.82) is 5.26 Å². The molecule has 3 N–H and O–H groups in total. The summed E-state index contributed by atoms with van der Waals surface area (Å²) in [5.74, 6) is -0.452.